The third-order valence-corrected chi connectivity index (χ3v) is 17.3. The Balaban J connectivity index is 0.749. The smallest absolute Gasteiger partial charge is 0.0546 e. The molecule has 88 heavy (non-hydrogen) atoms. The highest BCUT2D eigenvalue weighted by atomic mass is 15.2. The van der Waals surface area contributed by atoms with E-state index in [2.05, 4.69) is 371 Å². The highest BCUT2D eigenvalue weighted by molar-refractivity contribution is 6.16. The van der Waals surface area contributed by atoms with Crippen LogP contribution >= 0.6 is 0 Å². The van der Waals surface area contributed by atoms with Crippen LogP contribution in [0.1, 0.15) is 0 Å². The highest BCUT2D eigenvalue weighted by Crippen LogP contribution is 2.47. The van der Waals surface area contributed by atoms with Crippen molar-refractivity contribution in [3.05, 3.63) is 352 Å². The van der Waals surface area contributed by atoms with E-state index in [9.17, 15) is 0 Å². The lowest BCUT2D eigenvalue weighted by molar-refractivity contribution is 1.26. The summed E-state index contributed by atoms with van der Waals surface area (Å²) in [6.45, 7) is 0. The van der Waals surface area contributed by atoms with E-state index in [1.807, 2.05) is 0 Å². The molecule has 0 saturated carbocycles. The van der Waals surface area contributed by atoms with E-state index in [1.165, 1.54) is 64.6 Å². The first kappa shape index (κ1) is 51.9. The van der Waals surface area contributed by atoms with Crippen LogP contribution in [0, 0.1) is 0 Å². The molecule has 414 valence electrons. The van der Waals surface area contributed by atoms with Crippen molar-refractivity contribution < 1.29 is 0 Å². The average Bonchev–Trinajstić information content (AvgIpc) is 1.50. The Morgan fingerprint density at radius 1 is 0.136 bits per heavy atom. The van der Waals surface area contributed by atoms with E-state index in [-0.39, 0.29) is 0 Å². The van der Waals surface area contributed by atoms with Gasteiger partial charge in [0.05, 0.1) is 11.4 Å². The number of hydrogen-bond donors (Lipinski definition) is 0. The van der Waals surface area contributed by atoms with Crippen molar-refractivity contribution in [1.82, 2.24) is 0 Å². The third kappa shape index (κ3) is 9.56. The SMILES string of the molecule is c1ccc(N(c2ccc(N(c3ccc(-c4ccc(N(c5ccc(N(c6ccccc6)c6cc7ccccc7c7ccccc67)cc5)c5ccc6ccccc6c5)cc4)cc3)c3ccc4ccccc4c3)cc2)c2cc3ccccc3c3ccccc23)cc1. The van der Waals surface area contributed by atoms with Gasteiger partial charge in [0, 0.05) is 67.6 Å². The lowest BCUT2D eigenvalue weighted by Crippen LogP contribution is -2.12. The van der Waals surface area contributed by atoms with Crippen molar-refractivity contribution >= 4 is 133 Å². The molecule has 0 N–H and O–H groups in total. The number of anilines is 12. The van der Waals surface area contributed by atoms with E-state index in [0.717, 1.165) is 79.4 Å². The molecular formula is C84H58N4. The van der Waals surface area contributed by atoms with E-state index in [0.29, 0.717) is 0 Å². The lowest BCUT2D eigenvalue weighted by Gasteiger charge is -2.29. The van der Waals surface area contributed by atoms with E-state index < -0.39 is 0 Å². The average molecular weight is 1120 g/mol. The molecule has 0 aliphatic heterocycles. The molecule has 0 aliphatic carbocycles. The van der Waals surface area contributed by atoms with Crippen LogP contribution < -0.4 is 19.6 Å². The van der Waals surface area contributed by atoms with Crippen LogP contribution in [0.2, 0.25) is 0 Å². The molecule has 0 unspecified atom stereocenters. The van der Waals surface area contributed by atoms with E-state index in [1.54, 1.807) is 0 Å². The van der Waals surface area contributed by atoms with Gasteiger partial charge in [-0.15, -0.1) is 0 Å². The predicted octanol–water partition coefficient (Wildman–Crippen LogP) is 24.2. The summed E-state index contributed by atoms with van der Waals surface area (Å²) in [6, 6.07) is 128. The first-order valence-electron chi connectivity index (χ1n) is 30.1. The number of benzene rings is 16. The van der Waals surface area contributed by atoms with Gasteiger partial charge in [-0.05, 0) is 198 Å². The molecule has 16 aromatic carbocycles. The molecule has 0 spiro atoms. The zero-order chi connectivity index (χ0) is 58.3. The summed E-state index contributed by atoms with van der Waals surface area (Å²) in [5.41, 5.74) is 15.3. The Bertz CT molecular complexity index is 4870. The monoisotopic (exact) mass is 1120 g/mol. The second kappa shape index (κ2) is 22.4. The zero-order valence-corrected chi connectivity index (χ0v) is 48.3. The summed E-state index contributed by atoms with van der Waals surface area (Å²) in [5, 5.41) is 14.6. The van der Waals surface area contributed by atoms with Crippen LogP contribution in [0.25, 0.3) is 75.8 Å². The third-order valence-electron chi connectivity index (χ3n) is 17.3. The van der Waals surface area contributed by atoms with Gasteiger partial charge >= 0.3 is 0 Å². The molecule has 4 heteroatoms. The van der Waals surface area contributed by atoms with Gasteiger partial charge < -0.3 is 19.6 Å². The van der Waals surface area contributed by atoms with Gasteiger partial charge in [0.1, 0.15) is 0 Å². The van der Waals surface area contributed by atoms with Gasteiger partial charge in [-0.25, -0.2) is 0 Å². The van der Waals surface area contributed by atoms with Crippen molar-refractivity contribution in [2.45, 2.75) is 0 Å². The number of para-hydroxylation sites is 2. The largest absolute Gasteiger partial charge is 0.310 e. The van der Waals surface area contributed by atoms with Crippen molar-refractivity contribution in [2.75, 3.05) is 19.6 Å². The molecule has 0 heterocycles. The molecule has 0 fully saturated rings. The predicted molar refractivity (Wildman–Crippen MR) is 376 cm³/mol. The molecule has 16 rings (SSSR count). The van der Waals surface area contributed by atoms with Crippen LogP contribution in [0.5, 0.6) is 0 Å². The summed E-state index contributed by atoms with van der Waals surface area (Å²) in [7, 11) is 0. The second-order valence-electron chi connectivity index (χ2n) is 22.5. The number of rotatable bonds is 13. The molecule has 0 aromatic heterocycles. The fraction of sp³-hybridized carbons (Fsp3) is 0. The van der Waals surface area contributed by atoms with E-state index >= 15 is 0 Å². The van der Waals surface area contributed by atoms with Crippen LogP contribution in [-0.2, 0) is 0 Å². The standard InChI is InChI=1S/C84H58N4/c1-3-25-67(26-4-1)87(83-57-65-23-11-13-29-77(65)79-31-15-17-33-81(79)83)73-51-47-71(48-52-73)85(75-45-39-59-19-7-9-21-63(59)55-75)69-41-35-61(36-42-69)62-37-43-70(44-38-62)86(76-46-40-60-20-8-10-22-64(60)56-76)72-49-53-74(54-50-72)88(68-27-5-2-6-28-68)84-58-66-24-12-14-30-78(66)80-32-16-18-34-82(80)84/h1-58H. The lowest BCUT2D eigenvalue weighted by atomic mass is 9.99. The molecule has 0 amide bonds. The van der Waals surface area contributed by atoms with Crippen molar-refractivity contribution in [3.8, 4) is 11.1 Å². The van der Waals surface area contributed by atoms with Gasteiger partial charge in [-0.3, -0.25) is 0 Å². The summed E-state index contributed by atoms with van der Waals surface area (Å²) in [6.07, 6.45) is 0. The molecule has 0 bridgehead atoms. The molecule has 0 aliphatic rings. The van der Waals surface area contributed by atoms with Crippen LogP contribution in [0.3, 0.4) is 0 Å². The summed E-state index contributed by atoms with van der Waals surface area (Å²) in [5.74, 6) is 0. The topological polar surface area (TPSA) is 13.0 Å². The Kier molecular flexibility index (Phi) is 13.2. The molecule has 4 nitrogen and oxygen atoms in total. The minimum Gasteiger partial charge on any atom is -0.310 e. The maximum absolute atomic E-state index is 2.39. The molecule has 16 aromatic rings. The molecule has 0 radical (unpaired) electrons. The molecule has 0 saturated heterocycles. The second-order valence-corrected chi connectivity index (χ2v) is 22.5. The minimum absolute atomic E-state index is 1.06. The Hall–Kier alpha value is -11.7. The van der Waals surface area contributed by atoms with Gasteiger partial charge in [-0.2, -0.15) is 0 Å². The Morgan fingerprint density at radius 2 is 0.386 bits per heavy atom. The molecular weight excluding hydrogens is 1060 g/mol. The quantitative estimate of drug-likeness (QED) is 0.107. The highest BCUT2D eigenvalue weighted by Gasteiger charge is 2.22. The van der Waals surface area contributed by atoms with Gasteiger partial charge in [-0.1, -0.05) is 218 Å². The maximum atomic E-state index is 2.39. The summed E-state index contributed by atoms with van der Waals surface area (Å²) >= 11 is 0. The van der Waals surface area contributed by atoms with Crippen LogP contribution in [0.15, 0.2) is 352 Å². The van der Waals surface area contributed by atoms with Crippen molar-refractivity contribution in [3.63, 3.8) is 0 Å². The number of nitrogens with zero attached hydrogens (tertiary/aromatic N) is 4. The van der Waals surface area contributed by atoms with Crippen LogP contribution in [-0.4, -0.2) is 0 Å². The van der Waals surface area contributed by atoms with Gasteiger partial charge in [0.15, 0.2) is 0 Å². The first-order chi connectivity index (χ1) is 43.6. The molecule has 0 atom stereocenters. The van der Waals surface area contributed by atoms with E-state index in [4.69, 9.17) is 0 Å². The number of hydrogen-bond acceptors (Lipinski definition) is 4. The maximum Gasteiger partial charge on any atom is 0.0546 e. The van der Waals surface area contributed by atoms with Crippen molar-refractivity contribution in [2.24, 2.45) is 0 Å². The first-order valence-corrected chi connectivity index (χ1v) is 30.1. The normalized spacial score (nSPS) is 11.4. The minimum atomic E-state index is 1.06. The fourth-order valence-electron chi connectivity index (χ4n) is 13.1. The number of fused-ring (bicyclic) bond motifs is 8. The van der Waals surface area contributed by atoms with Crippen LogP contribution in [0.4, 0.5) is 68.2 Å². The summed E-state index contributed by atoms with van der Waals surface area (Å²) < 4.78 is 0. The van der Waals surface area contributed by atoms with Gasteiger partial charge in [0.2, 0.25) is 0 Å². The Labute approximate surface area is 512 Å². The van der Waals surface area contributed by atoms with Gasteiger partial charge in [0.25, 0.3) is 0 Å². The Morgan fingerprint density at radius 3 is 0.750 bits per heavy atom. The summed E-state index contributed by atoms with van der Waals surface area (Å²) in [4.78, 5) is 9.53. The van der Waals surface area contributed by atoms with Crippen molar-refractivity contribution in [1.29, 1.82) is 0 Å². The fourth-order valence-corrected chi connectivity index (χ4v) is 13.1. The zero-order valence-electron chi connectivity index (χ0n) is 48.3.